The lowest BCUT2D eigenvalue weighted by atomic mass is 10.00. The summed E-state index contributed by atoms with van der Waals surface area (Å²) < 4.78 is 5.74. The molecule has 2 N–H and O–H groups in total. The molecule has 0 atom stereocenters. The summed E-state index contributed by atoms with van der Waals surface area (Å²) in [6, 6.07) is 12.6. The number of hydrogen-bond acceptors (Lipinski definition) is 3. The first-order valence-electron chi connectivity index (χ1n) is 6.61. The van der Waals surface area contributed by atoms with Crippen LogP contribution < -0.4 is 4.74 Å². The van der Waals surface area contributed by atoms with E-state index < -0.39 is 0 Å². The summed E-state index contributed by atoms with van der Waals surface area (Å²) in [7, 11) is 0. The van der Waals surface area contributed by atoms with Crippen LogP contribution in [0.15, 0.2) is 42.5 Å². The Labute approximate surface area is 117 Å². The zero-order chi connectivity index (χ0) is 14.3. The highest BCUT2D eigenvalue weighted by molar-refractivity contribution is 6.12. The van der Waals surface area contributed by atoms with Crippen molar-refractivity contribution in [2.75, 3.05) is 0 Å². The van der Waals surface area contributed by atoms with Gasteiger partial charge in [-0.2, -0.15) is 0 Å². The molecule has 0 saturated heterocycles. The molecule has 102 valence electrons. The van der Waals surface area contributed by atoms with Crippen LogP contribution in [0.5, 0.6) is 17.2 Å². The molecule has 0 amide bonds. The van der Waals surface area contributed by atoms with Gasteiger partial charge in [-0.15, -0.1) is 0 Å². The van der Waals surface area contributed by atoms with E-state index >= 15 is 0 Å². The van der Waals surface area contributed by atoms with Gasteiger partial charge in [-0.1, -0.05) is 36.4 Å². The van der Waals surface area contributed by atoms with Gasteiger partial charge in [-0.25, -0.2) is 0 Å². The molecule has 3 aromatic carbocycles. The molecule has 3 aromatic rings. The first-order chi connectivity index (χ1) is 9.59. The van der Waals surface area contributed by atoms with E-state index in [4.69, 9.17) is 4.74 Å². The van der Waals surface area contributed by atoms with Crippen LogP contribution in [0.2, 0.25) is 0 Å². The first kappa shape index (κ1) is 12.6. The maximum Gasteiger partial charge on any atom is 0.135 e. The molecule has 0 fully saturated rings. The predicted molar refractivity (Wildman–Crippen MR) is 80.5 cm³/mol. The topological polar surface area (TPSA) is 49.7 Å². The number of benzene rings is 3. The smallest absolute Gasteiger partial charge is 0.135 e. The number of fused-ring (bicyclic) bond motifs is 2. The average molecular weight is 268 g/mol. The van der Waals surface area contributed by atoms with Crippen molar-refractivity contribution in [3.8, 4) is 17.2 Å². The largest absolute Gasteiger partial charge is 0.507 e. The highest BCUT2D eigenvalue weighted by Gasteiger charge is 2.16. The van der Waals surface area contributed by atoms with Crippen molar-refractivity contribution in [1.29, 1.82) is 0 Å². The zero-order valence-electron chi connectivity index (χ0n) is 11.4. The van der Waals surface area contributed by atoms with E-state index in [0.29, 0.717) is 27.3 Å². The van der Waals surface area contributed by atoms with Crippen LogP contribution in [0.1, 0.15) is 13.8 Å². The second-order valence-electron chi connectivity index (χ2n) is 5.09. The molecule has 3 heteroatoms. The fourth-order valence-corrected chi connectivity index (χ4v) is 2.50. The summed E-state index contributed by atoms with van der Waals surface area (Å²) in [5.41, 5.74) is 0. The molecule has 0 unspecified atom stereocenters. The minimum atomic E-state index is -0.00591. The molecular weight excluding hydrogens is 252 g/mol. The van der Waals surface area contributed by atoms with E-state index in [2.05, 4.69) is 0 Å². The van der Waals surface area contributed by atoms with Crippen LogP contribution in [-0.4, -0.2) is 16.3 Å². The lowest BCUT2D eigenvalue weighted by molar-refractivity contribution is 0.245. The number of phenols is 2. The highest BCUT2D eigenvalue weighted by atomic mass is 16.5. The maximum absolute atomic E-state index is 10.5. The summed E-state index contributed by atoms with van der Waals surface area (Å²) in [6.45, 7) is 3.85. The van der Waals surface area contributed by atoms with Gasteiger partial charge >= 0.3 is 0 Å². The molecule has 20 heavy (non-hydrogen) atoms. The third-order valence-corrected chi connectivity index (χ3v) is 3.32. The van der Waals surface area contributed by atoms with Gasteiger partial charge in [0, 0.05) is 16.2 Å². The summed E-state index contributed by atoms with van der Waals surface area (Å²) >= 11 is 0. The number of phenolic OH excluding ortho intramolecular Hbond substituents is 2. The van der Waals surface area contributed by atoms with Gasteiger partial charge in [0.25, 0.3) is 0 Å². The summed E-state index contributed by atoms with van der Waals surface area (Å²) in [4.78, 5) is 0. The van der Waals surface area contributed by atoms with Gasteiger partial charge in [-0.05, 0) is 19.9 Å². The Morgan fingerprint density at radius 3 is 2.05 bits per heavy atom. The fourth-order valence-electron chi connectivity index (χ4n) is 2.50. The van der Waals surface area contributed by atoms with Crippen molar-refractivity contribution in [3.63, 3.8) is 0 Å². The van der Waals surface area contributed by atoms with Crippen molar-refractivity contribution in [2.24, 2.45) is 0 Å². The van der Waals surface area contributed by atoms with Crippen molar-refractivity contribution in [2.45, 2.75) is 20.0 Å². The monoisotopic (exact) mass is 268 g/mol. The standard InChI is InChI=1S/C17H16O3/c1-10(2)20-14-9-5-8-13-15(14)17(19)12-7-4-3-6-11(12)16(13)18/h3-10,18-19H,1-2H3. The van der Waals surface area contributed by atoms with Gasteiger partial charge in [-0.3, -0.25) is 0 Å². The normalized spacial score (nSPS) is 11.3. The van der Waals surface area contributed by atoms with Gasteiger partial charge in [0.15, 0.2) is 0 Å². The summed E-state index contributed by atoms with van der Waals surface area (Å²) in [5.74, 6) is 0.892. The molecule has 0 aliphatic heterocycles. The molecule has 0 aromatic heterocycles. The van der Waals surface area contributed by atoms with E-state index in [9.17, 15) is 10.2 Å². The molecule has 0 aliphatic rings. The average Bonchev–Trinajstić information content (AvgIpc) is 2.44. The Balaban J connectivity index is 2.46. The van der Waals surface area contributed by atoms with Crippen molar-refractivity contribution >= 4 is 21.5 Å². The molecule has 0 aliphatic carbocycles. The summed E-state index contributed by atoms with van der Waals surface area (Å²) in [6.07, 6.45) is -0.00591. The van der Waals surface area contributed by atoms with E-state index in [0.717, 1.165) is 0 Å². The van der Waals surface area contributed by atoms with Gasteiger partial charge < -0.3 is 14.9 Å². The number of aromatic hydroxyl groups is 2. The van der Waals surface area contributed by atoms with Crippen LogP contribution in [0, 0.1) is 0 Å². The predicted octanol–water partition coefficient (Wildman–Crippen LogP) is 4.19. The number of rotatable bonds is 2. The Morgan fingerprint density at radius 2 is 1.40 bits per heavy atom. The first-order valence-corrected chi connectivity index (χ1v) is 6.61. The van der Waals surface area contributed by atoms with Crippen LogP contribution >= 0.6 is 0 Å². The SMILES string of the molecule is CC(C)Oc1cccc2c(O)c3ccccc3c(O)c12. The van der Waals surface area contributed by atoms with Crippen LogP contribution in [-0.2, 0) is 0 Å². The van der Waals surface area contributed by atoms with Crippen molar-refractivity contribution < 1.29 is 14.9 Å². The maximum atomic E-state index is 10.5. The molecule has 0 spiro atoms. The minimum Gasteiger partial charge on any atom is -0.507 e. The molecule has 0 radical (unpaired) electrons. The molecular formula is C17H16O3. The zero-order valence-corrected chi connectivity index (χ0v) is 11.4. The fraction of sp³-hybridized carbons (Fsp3) is 0.176. The van der Waals surface area contributed by atoms with E-state index in [1.165, 1.54) is 0 Å². The second-order valence-corrected chi connectivity index (χ2v) is 5.09. The van der Waals surface area contributed by atoms with E-state index in [1.54, 1.807) is 24.3 Å². The third-order valence-electron chi connectivity index (χ3n) is 3.32. The Morgan fingerprint density at radius 1 is 0.800 bits per heavy atom. The molecule has 3 nitrogen and oxygen atoms in total. The van der Waals surface area contributed by atoms with E-state index in [1.807, 2.05) is 32.0 Å². The Hall–Kier alpha value is -2.42. The van der Waals surface area contributed by atoms with Crippen molar-refractivity contribution in [3.05, 3.63) is 42.5 Å². The molecule has 0 bridgehead atoms. The van der Waals surface area contributed by atoms with Crippen molar-refractivity contribution in [1.82, 2.24) is 0 Å². The van der Waals surface area contributed by atoms with E-state index in [-0.39, 0.29) is 17.6 Å². The number of ether oxygens (including phenoxy) is 1. The van der Waals surface area contributed by atoms with Gasteiger partial charge in [0.05, 0.1) is 11.5 Å². The minimum absolute atomic E-state index is 0.00591. The number of hydrogen-bond donors (Lipinski definition) is 2. The second kappa shape index (κ2) is 4.60. The Kier molecular flexibility index (Phi) is 2.90. The van der Waals surface area contributed by atoms with Gasteiger partial charge in [0.1, 0.15) is 17.2 Å². The highest BCUT2D eigenvalue weighted by Crippen LogP contribution is 2.45. The Bertz CT molecular complexity index is 791. The molecule has 0 saturated carbocycles. The summed E-state index contributed by atoms with van der Waals surface area (Å²) in [5, 5.41) is 23.4. The van der Waals surface area contributed by atoms with Crippen LogP contribution in [0.4, 0.5) is 0 Å². The lowest BCUT2D eigenvalue weighted by Gasteiger charge is -2.15. The lowest BCUT2D eigenvalue weighted by Crippen LogP contribution is -2.05. The third kappa shape index (κ3) is 1.83. The van der Waals surface area contributed by atoms with Gasteiger partial charge in [0.2, 0.25) is 0 Å². The molecule has 3 rings (SSSR count). The van der Waals surface area contributed by atoms with Crippen LogP contribution in [0.3, 0.4) is 0 Å². The van der Waals surface area contributed by atoms with Crippen LogP contribution in [0.25, 0.3) is 21.5 Å². The molecule has 0 heterocycles. The quantitative estimate of drug-likeness (QED) is 0.541.